The van der Waals surface area contributed by atoms with Crippen LogP contribution in [0.15, 0.2) is 34.1 Å². The first-order valence-corrected chi connectivity index (χ1v) is 9.51. The van der Waals surface area contributed by atoms with Crippen LogP contribution in [0.3, 0.4) is 0 Å². The molecule has 7 nitrogen and oxygen atoms in total. The summed E-state index contributed by atoms with van der Waals surface area (Å²) in [5, 5.41) is 3.04. The molecule has 0 saturated carbocycles. The summed E-state index contributed by atoms with van der Waals surface area (Å²) in [7, 11) is -5.86. The third-order valence-corrected chi connectivity index (χ3v) is 6.96. The van der Waals surface area contributed by atoms with E-state index in [9.17, 15) is 16.8 Å². The number of sulfonamides is 2. The van der Waals surface area contributed by atoms with E-state index in [-0.39, 0.29) is 15.8 Å². The summed E-state index contributed by atoms with van der Waals surface area (Å²) in [4.78, 5) is 0.142. The third kappa shape index (κ3) is 3.11. The van der Waals surface area contributed by atoms with Crippen molar-refractivity contribution >= 4 is 20.0 Å². The van der Waals surface area contributed by atoms with Crippen LogP contribution in [0.25, 0.3) is 0 Å². The zero-order valence-electron chi connectivity index (χ0n) is 11.9. The van der Waals surface area contributed by atoms with Gasteiger partial charge in [-0.2, -0.15) is 4.31 Å². The lowest BCUT2D eigenvalue weighted by molar-refractivity contribution is 0.249. The molecule has 21 heavy (non-hydrogen) atoms. The van der Waals surface area contributed by atoms with Gasteiger partial charge >= 0.3 is 0 Å². The lowest BCUT2D eigenvalue weighted by Gasteiger charge is -2.36. The van der Waals surface area contributed by atoms with Gasteiger partial charge in [0.2, 0.25) is 20.0 Å². The summed E-state index contributed by atoms with van der Waals surface area (Å²) in [6.45, 7) is 3.44. The van der Waals surface area contributed by atoms with Crippen molar-refractivity contribution in [2.45, 2.75) is 22.8 Å². The quantitative estimate of drug-likeness (QED) is 0.737. The molecule has 0 amide bonds. The summed E-state index contributed by atoms with van der Waals surface area (Å²) in [5.74, 6) is 0. The maximum atomic E-state index is 12.6. The first-order valence-electron chi connectivity index (χ1n) is 6.59. The van der Waals surface area contributed by atoms with Crippen molar-refractivity contribution in [3.63, 3.8) is 0 Å². The normalized spacial score (nSPS) is 16.9. The monoisotopic (exact) mass is 333 g/mol. The van der Waals surface area contributed by atoms with Gasteiger partial charge in [-0.3, -0.25) is 0 Å². The van der Waals surface area contributed by atoms with E-state index in [1.165, 1.54) is 35.6 Å². The Balaban J connectivity index is 2.32. The molecule has 1 saturated heterocycles. The topological polar surface area (TPSA) is 95.6 Å². The first kappa shape index (κ1) is 16.4. The summed E-state index contributed by atoms with van der Waals surface area (Å²) in [6.07, 6.45) is 0. The van der Waals surface area contributed by atoms with Crippen molar-refractivity contribution in [2.24, 2.45) is 0 Å². The van der Waals surface area contributed by atoms with Crippen LogP contribution in [-0.2, 0) is 20.0 Å². The molecule has 1 heterocycles. The second-order valence-electron chi connectivity index (χ2n) is 4.70. The van der Waals surface area contributed by atoms with Gasteiger partial charge < -0.3 is 5.32 Å². The molecule has 0 spiro atoms. The average Bonchev–Trinajstić information content (AvgIpc) is 2.42. The Morgan fingerprint density at radius 2 is 1.67 bits per heavy atom. The highest BCUT2D eigenvalue weighted by Crippen LogP contribution is 2.21. The van der Waals surface area contributed by atoms with Crippen LogP contribution in [0, 0.1) is 0 Å². The molecule has 9 heteroatoms. The lowest BCUT2D eigenvalue weighted by Crippen LogP contribution is -2.58. The molecule has 1 aromatic rings. The van der Waals surface area contributed by atoms with Gasteiger partial charge in [-0.25, -0.2) is 21.6 Å². The molecule has 0 atom stereocenters. The molecule has 0 aliphatic carbocycles. The van der Waals surface area contributed by atoms with Crippen molar-refractivity contribution in [1.29, 1.82) is 0 Å². The average molecular weight is 333 g/mol. The number of hydrogen-bond acceptors (Lipinski definition) is 5. The number of benzene rings is 1. The predicted octanol–water partition coefficient (Wildman–Crippen LogP) is -0.423. The van der Waals surface area contributed by atoms with E-state index in [4.69, 9.17) is 0 Å². The number of hydrogen-bond donors (Lipinski definition) is 2. The van der Waals surface area contributed by atoms with Crippen LogP contribution >= 0.6 is 0 Å². The Hall–Kier alpha value is -1.00. The summed E-state index contributed by atoms with van der Waals surface area (Å²) in [6, 6.07) is 5.21. The largest absolute Gasteiger partial charge is 0.313 e. The van der Waals surface area contributed by atoms with Crippen LogP contribution in [0.4, 0.5) is 0 Å². The fraction of sp³-hybridized carbons (Fsp3) is 0.500. The van der Waals surface area contributed by atoms with Crippen LogP contribution in [0.2, 0.25) is 0 Å². The maximum Gasteiger partial charge on any atom is 0.243 e. The van der Waals surface area contributed by atoms with E-state index < -0.39 is 20.0 Å². The highest BCUT2D eigenvalue weighted by Gasteiger charge is 2.33. The van der Waals surface area contributed by atoms with E-state index >= 15 is 0 Å². The van der Waals surface area contributed by atoms with Gasteiger partial charge in [0.05, 0.1) is 9.79 Å². The molecule has 2 rings (SSSR count). The number of likely N-dealkylation sites (N-methyl/N-ethyl adjacent to an activating group) is 1. The van der Waals surface area contributed by atoms with E-state index in [2.05, 4.69) is 10.0 Å². The molecule has 2 N–H and O–H groups in total. The number of nitrogens with one attached hydrogen (secondary N) is 2. The SMILES string of the molecule is CCN(C1CNC1)S(=O)(=O)c1ccc(S(=O)(=O)NC)cc1. The van der Waals surface area contributed by atoms with Crippen LogP contribution in [-0.4, -0.2) is 53.9 Å². The smallest absolute Gasteiger partial charge is 0.243 e. The van der Waals surface area contributed by atoms with E-state index in [0.29, 0.717) is 19.6 Å². The first-order chi connectivity index (χ1) is 9.82. The molecule has 1 fully saturated rings. The van der Waals surface area contributed by atoms with E-state index in [0.717, 1.165) is 0 Å². The standard InChI is InChI=1S/C12H19N3O4S2/c1-3-15(10-8-14-9-10)21(18,19)12-6-4-11(5-7-12)20(16,17)13-2/h4-7,10,13-14H,3,8-9H2,1-2H3. The second kappa shape index (κ2) is 6.01. The Labute approximate surface area is 125 Å². The van der Waals surface area contributed by atoms with Crippen molar-refractivity contribution in [2.75, 3.05) is 26.7 Å². The Kier molecular flexibility index (Phi) is 4.69. The van der Waals surface area contributed by atoms with Crippen molar-refractivity contribution < 1.29 is 16.8 Å². The second-order valence-corrected chi connectivity index (χ2v) is 8.48. The third-order valence-electron chi connectivity index (χ3n) is 3.49. The highest BCUT2D eigenvalue weighted by molar-refractivity contribution is 7.89. The predicted molar refractivity (Wildman–Crippen MR) is 78.9 cm³/mol. The van der Waals surface area contributed by atoms with Crippen molar-refractivity contribution in [3.05, 3.63) is 24.3 Å². The molecular weight excluding hydrogens is 314 g/mol. The van der Waals surface area contributed by atoms with Gasteiger partial charge in [0.25, 0.3) is 0 Å². The van der Waals surface area contributed by atoms with Gasteiger partial charge in [0.15, 0.2) is 0 Å². The summed E-state index contributed by atoms with van der Waals surface area (Å²) in [5.41, 5.74) is 0. The fourth-order valence-corrected chi connectivity index (χ4v) is 4.51. The minimum Gasteiger partial charge on any atom is -0.313 e. The number of rotatable bonds is 6. The van der Waals surface area contributed by atoms with Crippen molar-refractivity contribution in [1.82, 2.24) is 14.3 Å². The molecule has 0 unspecified atom stereocenters. The highest BCUT2D eigenvalue weighted by atomic mass is 32.2. The molecule has 0 aromatic heterocycles. The van der Waals surface area contributed by atoms with Gasteiger partial charge in [-0.15, -0.1) is 0 Å². The molecule has 1 aromatic carbocycles. The molecule has 0 radical (unpaired) electrons. The molecule has 1 aliphatic heterocycles. The maximum absolute atomic E-state index is 12.6. The molecule has 118 valence electrons. The van der Waals surface area contributed by atoms with Gasteiger partial charge in [0, 0.05) is 25.7 Å². The van der Waals surface area contributed by atoms with Crippen LogP contribution in [0.5, 0.6) is 0 Å². The molecule has 1 aliphatic rings. The minimum atomic E-state index is -3.60. The minimum absolute atomic E-state index is 0.0392. The fourth-order valence-electron chi connectivity index (χ4n) is 2.15. The van der Waals surface area contributed by atoms with Gasteiger partial charge in [0.1, 0.15) is 0 Å². The van der Waals surface area contributed by atoms with Crippen LogP contribution in [0.1, 0.15) is 6.92 Å². The zero-order valence-corrected chi connectivity index (χ0v) is 13.5. The van der Waals surface area contributed by atoms with Crippen molar-refractivity contribution in [3.8, 4) is 0 Å². The molecular formula is C12H19N3O4S2. The summed E-state index contributed by atoms with van der Waals surface area (Å²) >= 11 is 0. The van der Waals surface area contributed by atoms with E-state index in [1.807, 2.05) is 0 Å². The lowest BCUT2D eigenvalue weighted by atomic mass is 10.2. The zero-order chi connectivity index (χ0) is 15.7. The van der Waals surface area contributed by atoms with Gasteiger partial charge in [-0.1, -0.05) is 6.92 Å². The summed E-state index contributed by atoms with van der Waals surface area (Å²) < 4.78 is 52.0. The Bertz CT molecular complexity index is 695. The Morgan fingerprint density at radius 3 is 2.05 bits per heavy atom. The van der Waals surface area contributed by atoms with Crippen LogP contribution < -0.4 is 10.0 Å². The Morgan fingerprint density at radius 1 is 1.14 bits per heavy atom. The molecule has 0 bridgehead atoms. The van der Waals surface area contributed by atoms with E-state index in [1.54, 1.807) is 6.92 Å². The number of nitrogens with zero attached hydrogens (tertiary/aromatic N) is 1. The van der Waals surface area contributed by atoms with Gasteiger partial charge in [-0.05, 0) is 31.3 Å².